The van der Waals surface area contributed by atoms with Gasteiger partial charge in [-0.2, -0.15) is 0 Å². The van der Waals surface area contributed by atoms with Gasteiger partial charge in [0.1, 0.15) is 18.1 Å². The Morgan fingerprint density at radius 1 is 1.07 bits per heavy atom. The number of methoxy groups -OCH3 is 1. The van der Waals surface area contributed by atoms with Crippen LogP contribution >= 0.6 is 0 Å². The first-order valence-corrected chi connectivity index (χ1v) is 10.2. The highest BCUT2D eigenvalue weighted by Crippen LogP contribution is 2.18. The average Bonchev–Trinajstić information content (AvgIpc) is 2.65. The number of hydrogen-bond donors (Lipinski definition) is 1. The van der Waals surface area contributed by atoms with Crippen LogP contribution in [0.25, 0.3) is 0 Å². The zero-order valence-corrected chi connectivity index (χ0v) is 16.6. The number of benzene rings is 2. The van der Waals surface area contributed by atoms with Crippen LogP contribution in [-0.2, 0) is 10.0 Å². The molecule has 0 fully saturated rings. The van der Waals surface area contributed by atoms with Gasteiger partial charge in [0.25, 0.3) is 5.91 Å². The molecule has 7 nitrogen and oxygen atoms in total. The lowest BCUT2D eigenvalue weighted by Gasteiger charge is -2.17. The van der Waals surface area contributed by atoms with Gasteiger partial charge >= 0.3 is 0 Å². The Morgan fingerprint density at radius 3 is 2.15 bits per heavy atom. The maximum absolute atomic E-state index is 12.3. The number of carbonyl (C=O) groups is 1. The summed E-state index contributed by atoms with van der Waals surface area (Å²) < 4.78 is 35.0. The molecule has 2 aromatic rings. The van der Waals surface area contributed by atoms with Crippen LogP contribution in [0.5, 0.6) is 11.5 Å². The van der Waals surface area contributed by atoms with E-state index < -0.39 is 10.0 Å². The van der Waals surface area contributed by atoms with E-state index in [4.69, 9.17) is 9.47 Å². The van der Waals surface area contributed by atoms with Gasteiger partial charge in [-0.15, -0.1) is 0 Å². The fraction of sp³-hybridized carbons (Fsp3) is 0.316. The van der Waals surface area contributed by atoms with E-state index in [1.54, 1.807) is 55.6 Å². The first-order valence-electron chi connectivity index (χ1n) is 8.32. The Labute approximate surface area is 160 Å². The summed E-state index contributed by atoms with van der Waals surface area (Å²) in [5.41, 5.74) is 0.932. The quantitative estimate of drug-likeness (QED) is 0.745. The lowest BCUT2D eigenvalue weighted by molar-refractivity contribution is 0.0926. The molecule has 0 bridgehead atoms. The van der Waals surface area contributed by atoms with Crippen LogP contribution < -0.4 is 19.1 Å². The number of amides is 1. The number of hydrogen-bond acceptors (Lipinski definition) is 5. The SMILES string of the molecule is COc1ccc(OC[C@@H](C)NC(=O)c2ccc(N(C)S(C)(=O)=O)cc2)cc1. The van der Waals surface area contributed by atoms with Crippen molar-refractivity contribution < 1.29 is 22.7 Å². The van der Waals surface area contributed by atoms with Crippen LogP contribution in [0.15, 0.2) is 48.5 Å². The second-order valence-electron chi connectivity index (χ2n) is 6.14. The minimum atomic E-state index is -3.34. The normalized spacial score (nSPS) is 12.1. The Hall–Kier alpha value is -2.74. The summed E-state index contributed by atoms with van der Waals surface area (Å²) in [7, 11) is -0.280. The Balaban J connectivity index is 1.89. The van der Waals surface area contributed by atoms with Crippen LogP contribution in [-0.4, -0.2) is 47.4 Å². The molecule has 0 saturated heterocycles. The minimum absolute atomic E-state index is 0.210. The molecule has 0 aliphatic heterocycles. The summed E-state index contributed by atoms with van der Waals surface area (Å²) in [6, 6.07) is 13.3. The zero-order valence-electron chi connectivity index (χ0n) is 15.8. The molecular weight excluding hydrogens is 368 g/mol. The summed E-state index contributed by atoms with van der Waals surface area (Å²) >= 11 is 0. The van der Waals surface area contributed by atoms with Gasteiger partial charge in [0.15, 0.2) is 0 Å². The number of ether oxygens (including phenoxy) is 2. The van der Waals surface area contributed by atoms with Crippen molar-refractivity contribution in [1.29, 1.82) is 0 Å². The van der Waals surface area contributed by atoms with Crippen molar-refractivity contribution in [3.05, 3.63) is 54.1 Å². The molecule has 27 heavy (non-hydrogen) atoms. The summed E-state index contributed by atoms with van der Waals surface area (Å²) in [4.78, 5) is 12.3. The Bertz CT molecular complexity index is 864. The third-order valence-corrected chi connectivity index (χ3v) is 5.13. The van der Waals surface area contributed by atoms with Crippen molar-refractivity contribution in [2.75, 3.05) is 31.3 Å². The molecule has 8 heteroatoms. The van der Waals surface area contributed by atoms with Crippen LogP contribution in [0.3, 0.4) is 0 Å². The Morgan fingerprint density at radius 2 is 1.63 bits per heavy atom. The molecule has 0 radical (unpaired) electrons. The predicted octanol–water partition coefficient (Wildman–Crippen LogP) is 2.29. The number of nitrogens with zero attached hydrogens (tertiary/aromatic N) is 1. The van der Waals surface area contributed by atoms with E-state index in [1.165, 1.54) is 7.05 Å². The van der Waals surface area contributed by atoms with E-state index in [9.17, 15) is 13.2 Å². The van der Waals surface area contributed by atoms with E-state index in [0.29, 0.717) is 23.6 Å². The van der Waals surface area contributed by atoms with E-state index in [0.717, 1.165) is 16.3 Å². The van der Waals surface area contributed by atoms with E-state index in [-0.39, 0.29) is 11.9 Å². The standard InChI is InChI=1S/C19H24N2O5S/c1-14(13-26-18-11-9-17(25-3)10-12-18)20-19(22)15-5-7-16(8-6-15)21(2)27(4,23)24/h5-12,14H,13H2,1-4H3,(H,20,22)/t14-/m1/s1. The molecule has 1 N–H and O–H groups in total. The lowest BCUT2D eigenvalue weighted by atomic mass is 10.2. The molecule has 146 valence electrons. The third kappa shape index (κ3) is 5.89. The first-order chi connectivity index (χ1) is 12.7. The van der Waals surface area contributed by atoms with Gasteiger partial charge in [-0.25, -0.2) is 8.42 Å². The summed E-state index contributed by atoms with van der Waals surface area (Å²) in [6.45, 7) is 2.15. The van der Waals surface area contributed by atoms with Crippen molar-refractivity contribution in [1.82, 2.24) is 5.32 Å². The highest BCUT2D eigenvalue weighted by Gasteiger charge is 2.14. The maximum Gasteiger partial charge on any atom is 0.251 e. The van der Waals surface area contributed by atoms with Crippen molar-refractivity contribution in [2.45, 2.75) is 13.0 Å². The number of anilines is 1. The monoisotopic (exact) mass is 392 g/mol. The fourth-order valence-electron chi connectivity index (χ4n) is 2.26. The highest BCUT2D eigenvalue weighted by atomic mass is 32.2. The minimum Gasteiger partial charge on any atom is -0.497 e. The Kier molecular flexibility index (Phi) is 6.68. The molecule has 0 aliphatic carbocycles. The largest absolute Gasteiger partial charge is 0.497 e. The number of carbonyl (C=O) groups excluding carboxylic acids is 1. The molecule has 1 atom stereocenters. The molecule has 2 aromatic carbocycles. The number of nitrogens with one attached hydrogen (secondary N) is 1. The smallest absolute Gasteiger partial charge is 0.251 e. The fourth-order valence-corrected chi connectivity index (χ4v) is 2.76. The molecule has 0 saturated carbocycles. The van der Waals surface area contributed by atoms with Crippen LogP contribution in [0, 0.1) is 0 Å². The van der Waals surface area contributed by atoms with Gasteiger partial charge in [-0.1, -0.05) is 0 Å². The van der Waals surface area contributed by atoms with Crippen LogP contribution in [0.1, 0.15) is 17.3 Å². The summed E-state index contributed by atoms with van der Waals surface area (Å²) in [5, 5.41) is 2.85. The molecule has 1 amide bonds. The van der Waals surface area contributed by atoms with E-state index in [2.05, 4.69) is 5.32 Å². The maximum atomic E-state index is 12.3. The van der Waals surface area contributed by atoms with E-state index >= 15 is 0 Å². The van der Waals surface area contributed by atoms with Gasteiger partial charge in [-0.05, 0) is 55.5 Å². The molecule has 0 aliphatic rings. The number of rotatable bonds is 8. The van der Waals surface area contributed by atoms with Crippen molar-refractivity contribution >= 4 is 21.6 Å². The molecule has 0 unspecified atom stereocenters. The van der Waals surface area contributed by atoms with Crippen molar-refractivity contribution in [3.63, 3.8) is 0 Å². The van der Waals surface area contributed by atoms with Gasteiger partial charge in [0.05, 0.1) is 25.1 Å². The second kappa shape index (κ2) is 8.77. The molecule has 0 spiro atoms. The first kappa shape index (κ1) is 20.6. The molecule has 2 rings (SSSR count). The average molecular weight is 392 g/mol. The third-order valence-electron chi connectivity index (χ3n) is 3.93. The molecule has 0 aromatic heterocycles. The lowest BCUT2D eigenvalue weighted by Crippen LogP contribution is -2.36. The number of sulfonamides is 1. The highest BCUT2D eigenvalue weighted by molar-refractivity contribution is 7.92. The second-order valence-corrected chi connectivity index (χ2v) is 8.15. The van der Waals surface area contributed by atoms with Gasteiger partial charge in [0.2, 0.25) is 10.0 Å². The zero-order chi connectivity index (χ0) is 20.0. The predicted molar refractivity (Wildman–Crippen MR) is 105 cm³/mol. The summed E-state index contributed by atoms with van der Waals surface area (Å²) in [5.74, 6) is 1.17. The van der Waals surface area contributed by atoms with Gasteiger partial charge in [-0.3, -0.25) is 9.10 Å². The van der Waals surface area contributed by atoms with Crippen molar-refractivity contribution in [3.8, 4) is 11.5 Å². The van der Waals surface area contributed by atoms with Crippen LogP contribution in [0.2, 0.25) is 0 Å². The van der Waals surface area contributed by atoms with Crippen LogP contribution in [0.4, 0.5) is 5.69 Å². The molecular formula is C19H24N2O5S. The van der Waals surface area contributed by atoms with E-state index in [1.807, 2.05) is 6.92 Å². The summed E-state index contributed by atoms with van der Waals surface area (Å²) in [6.07, 6.45) is 1.12. The van der Waals surface area contributed by atoms with Gasteiger partial charge in [0, 0.05) is 12.6 Å². The molecule has 0 heterocycles. The van der Waals surface area contributed by atoms with Gasteiger partial charge < -0.3 is 14.8 Å². The van der Waals surface area contributed by atoms with Crippen molar-refractivity contribution in [2.24, 2.45) is 0 Å². The topological polar surface area (TPSA) is 84.9 Å².